The highest BCUT2D eigenvalue weighted by atomic mass is 35.5. The van der Waals surface area contributed by atoms with Gasteiger partial charge in [-0.2, -0.15) is 5.10 Å². The molecule has 0 bridgehead atoms. The van der Waals surface area contributed by atoms with Gasteiger partial charge < -0.3 is 5.32 Å². The quantitative estimate of drug-likeness (QED) is 0.876. The van der Waals surface area contributed by atoms with E-state index in [1.807, 2.05) is 12.3 Å². The molecule has 18 heavy (non-hydrogen) atoms. The monoisotopic (exact) mass is 283 g/mol. The zero-order chi connectivity index (χ0) is 13.0. The fourth-order valence-electron chi connectivity index (χ4n) is 2.03. The van der Waals surface area contributed by atoms with Gasteiger partial charge in [0.25, 0.3) is 0 Å². The van der Waals surface area contributed by atoms with Gasteiger partial charge in [0.05, 0.1) is 16.1 Å². The van der Waals surface area contributed by atoms with Crippen molar-refractivity contribution < 1.29 is 0 Å². The van der Waals surface area contributed by atoms with Gasteiger partial charge in [0.2, 0.25) is 0 Å². The zero-order valence-corrected chi connectivity index (χ0v) is 12.3. The first kappa shape index (κ1) is 13.6. The normalized spacial score (nSPS) is 12.8. The molecule has 2 heterocycles. The van der Waals surface area contributed by atoms with Crippen molar-refractivity contribution in [3.63, 3.8) is 0 Å². The van der Waals surface area contributed by atoms with Gasteiger partial charge in [0.15, 0.2) is 0 Å². The number of nitrogens with one attached hydrogen (secondary N) is 1. The molecule has 0 fully saturated rings. The Bertz CT molecular complexity index is 492. The fraction of sp³-hybridized carbons (Fsp3) is 0.462. The Balaban J connectivity index is 2.31. The molecule has 0 amide bonds. The van der Waals surface area contributed by atoms with E-state index in [2.05, 4.69) is 41.1 Å². The summed E-state index contributed by atoms with van der Waals surface area (Å²) in [6.07, 6.45) is 2.95. The van der Waals surface area contributed by atoms with Crippen LogP contribution in [0.2, 0.25) is 4.34 Å². The van der Waals surface area contributed by atoms with Crippen LogP contribution in [-0.2, 0) is 6.54 Å². The highest BCUT2D eigenvalue weighted by Gasteiger charge is 2.18. The molecule has 5 heteroatoms. The van der Waals surface area contributed by atoms with E-state index in [0.29, 0.717) is 0 Å². The first-order valence-corrected chi connectivity index (χ1v) is 7.46. The predicted octanol–water partition coefficient (Wildman–Crippen LogP) is 3.71. The van der Waals surface area contributed by atoms with Crippen molar-refractivity contribution in [1.29, 1.82) is 0 Å². The van der Waals surface area contributed by atoms with Crippen LogP contribution in [0.3, 0.4) is 0 Å². The molecule has 0 aliphatic rings. The number of rotatable bonds is 6. The number of hydrogen-bond donors (Lipinski definition) is 1. The molecule has 1 atom stereocenters. The number of thiophene rings is 1. The number of nitrogens with zero attached hydrogens (tertiary/aromatic N) is 2. The van der Waals surface area contributed by atoms with Crippen LogP contribution in [0.1, 0.15) is 36.9 Å². The van der Waals surface area contributed by atoms with Gasteiger partial charge in [0, 0.05) is 17.6 Å². The summed E-state index contributed by atoms with van der Waals surface area (Å²) in [4.78, 5) is 1.24. The first-order chi connectivity index (χ1) is 8.76. The molecular weight excluding hydrogens is 266 g/mol. The average Bonchev–Trinajstić information content (AvgIpc) is 2.96. The topological polar surface area (TPSA) is 29.9 Å². The molecule has 0 saturated heterocycles. The second-order valence-electron chi connectivity index (χ2n) is 4.11. The lowest BCUT2D eigenvalue weighted by Crippen LogP contribution is -2.24. The third-order valence-corrected chi connectivity index (χ3v) is 4.06. The number of aryl methyl sites for hydroxylation is 1. The van der Waals surface area contributed by atoms with E-state index < -0.39 is 0 Å². The second kappa shape index (κ2) is 6.36. The third-order valence-electron chi connectivity index (χ3n) is 2.77. The van der Waals surface area contributed by atoms with Crippen LogP contribution < -0.4 is 5.32 Å². The average molecular weight is 284 g/mol. The largest absolute Gasteiger partial charge is 0.305 e. The van der Waals surface area contributed by atoms with Crippen molar-refractivity contribution >= 4 is 22.9 Å². The standard InChI is InChI=1S/C13H18ClN3S/c1-3-9-17-10(7-8-16-17)13(15-4-2)11-5-6-12(14)18-11/h5-8,13,15H,3-4,9H2,1-2H3. The van der Waals surface area contributed by atoms with E-state index in [1.165, 1.54) is 10.6 Å². The van der Waals surface area contributed by atoms with Gasteiger partial charge >= 0.3 is 0 Å². The Morgan fingerprint density at radius 2 is 2.22 bits per heavy atom. The Morgan fingerprint density at radius 1 is 1.39 bits per heavy atom. The second-order valence-corrected chi connectivity index (χ2v) is 5.86. The highest BCUT2D eigenvalue weighted by Crippen LogP contribution is 2.30. The summed E-state index contributed by atoms with van der Waals surface area (Å²) in [6, 6.07) is 6.30. The van der Waals surface area contributed by atoms with E-state index in [1.54, 1.807) is 11.3 Å². The van der Waals surface area contributed by atoms with Gasteiger partial charge in [-0.1, -0.05) is 25.4 Å². The maximum absolute atomic E-state index is 6.04. The summed E-state index contributed by atoms with van der Waals surface area (Å²) in [6.45, 7) is 6.14. The van der Waals surface area contributed by atoms with Crippen LogP contribution in [0.4, 0.5) is 0 Å². The Morgan fingerprint density at radius 3 is 2.83 bits per heavy atom. The summed E-state index contributed by atoms with van der Waals surface area (Å²) in [5.41, 5.74) is 1.21. The van der Waals surface area contributed by atoms with Crippen molar-refractivity contribution in [2.75, 3.05) is 6.54 Å². The summed E-state index contributed by atoms with van der Waals surface area (Å²) in [7, 11) is 0. The fourth-order valence-corrected chi connectivity index (χ4v) is 3.17. The Labute approximate surface area is 117 Å². The van der Waals surface area contributed by atoms with Crippen molar-refractivity contribution in [1.82, 2.24) is 15.1 Å². The smallest absolute Gasteiger partial charge is 0.0931 e. The van der Waals surface area contributed by atoms with Crippen molar-refractivity contribution in [3.05, 3.63) is 39.3 Å². The van der Waals surface area contributed by atoms with E-state index in [0.717, 1.165) is 23.8 Å². The summed E-state index contributed by atoms with van der Waals surface area (Å²) in [5, 5.41) is 7.89. The molecule has 1 unspecified atom stereocenters. The van der Waals surface area contributed by atoms with Crippen molar-refractivity contribution in [2.24, 2.45) is 0 Å². The Kier molecular flexibility index (Phi) is 4.80. The molecule has 2 aromatic heterocycles. The van der Waals surface area contributed by atoms with E-state index in [4.69, 9.17) is 11.6 Å². The maximum Gasteiger partial charge on any atom is 0.0931 e. The molecule has 0 aliphatic carbocycles. The summed E-state index contributed by atoms with van der Waals surface area (Å²) >= 11 is 7.66. The third kappa shape index (κ3) is 2.94. The molecule has 0 saturated carbocycles. The minimum Gasteiger partial charge on any atom is -0.305 e. The van der Waals surface area contributed by atoms with Crippen LogP contribution in [0, 0.1) is 0 Å². The summed E-state index contributed by atoms with van der Waals surface area (Å²) in [5.74, 6) is 0. The molecule has 1 N–H and O–H groups in total. The van der Waals surface area contributed by atoms with Crippen molar-refractivity contribution in [2.45, 2.75) is 32.9 Å². The van der Waals surface area contributed by atoms with Crippen LogP contribution in [0.25, 0.3) is 0 Å². The van der Waals surface area contributed by atoms with E-state index in [9.17, 15) is 0 Å². The molecule has 2 rings (SSSR count). The summed E-state index contributed by atoms with van der Waals surface area (Å²) < 4.78 is 2.90. The van der Waals surface area contributed by atoms with Crippen LogP contribution in [0.15, 0.2) is 24.4 Å². The minimum absolute atomic E-state index is 0.182. The predicted molar refractivity (Wildman–Crippen MR) is 77.4 cm³/mol. The van der Waals surface area contributed by atoms with Crippen LogP contribution in [-0.4, -0.2) is 16.3 Å². The zero-order valence-electron chi connectivity index (χ0n) is 10.7. The van der Waals surface area contributed by atoms with Gasteiger partial charge in [-0.15, -0.1) is 11.3 Å². The van der Waals surface area contributed by atoms with E-state index in [-0.39, 0.29) is 6.04 Å². The molecule has 3 nitrogen and oxygen atoms in total. The molecule has 98 valence electrons. The van der Waals surface area contributed by atoms with E-state index >= 15 is 0 Å². The van der Waals surface area contributed by atoms with Crippen molar-refractivity contribution in [3.8, 4) is 0 Å². The lowest BCUT2D eigenvalue weighted by molar-refractivity contribution is 0.524. The van der Waals surface area contributed by atoms with Crippen LogP contribution in [0.5, 0.6) is 0 Å². The Hall–Kier alpha value is -0.840. The maximum atomic E-state index is 6.04. The lowest BCUT2D eigenvalue weighted by Gasteiger charge is -2.18. The molecule has 0 radical (unpaired) electrons. The first-order valence-electron chi connectivity index (χ1n) is 6.26. The molecule has 0 aromatic carbocycles. The number of hydrogen-bond acceptors (Lipinski definition) is 3. The van der Waals surface area contributed by atoms with Gasteiger partial charge in [0.1, 0.15) is 0 Å². The lowest BCUT2D eigenvalue weighted by atomic mass is 10.1. The minimum atomic E-state index is 0.182. The molecule has 2 aromatic rings. The molecular formula is C13H18ClN3S. The van der Waals surface area contributed by atoms with Gasteiger partial charge in [-0.25, -0.2) is 0 Å². The SMILES string of the molecule is CCCn1nccc1C(NCC)c1ccc(Cl)s1. The highest BCUT2D eigenvalue weighted by molar-refractivity contribution is 7.16. The number of aromatic nitrogens is 2. The molecule has 0 spiro atoms. The number of halogens is 1. The van der Waals surface area contributed by atoms with Gasteiger partial charge in [-0.3, -0.25) is 4.68 Å². The van der Waals surface area contributed by atoms with Gasteiger partial charge in [-0.05, 0) is 31.2 Å². The molecule has 0 aliphatic heterocycles. The van der Waals surface area contributed by atoms with Crippen LogP contribution >= 0.6 is 22.9 Å².